The number of hydrogen-bond donors (Lipinski definition) is 2. The lowest BCUT2D eigenvalue weighted by molar-refractivity contribution is -0.119. The van der Waals surface area contributed by atoms with Crippen molar-refractivity contribution in [1.82, 2.24) is 5.32 Å². The summed E-state index contributed by atoms with van der Waals surface area (Å²) >= 11 is 0. The number of carbonyl (C=O) groups is 1. The van der Waals surface area contributed by atoms with Gasteiger partial charge in [-0.2, -0.15) is 0 Å². The highest BCUT2D eigenvalue weighted by atomic mass is 19.1. The molecule has 2 rings (SSSR count). The maximum Gasteiger partial charge on any atom is 0.239 e. The molecule has 1 aliphatic carbocycles. The van der Waals surface area contributed by atoms with Gasteiger partial charge in [-0.05, 0) is 30.9 Å². The number of nitrogens with one attached hydrogen (secondary N) is 2. The fourth-order valence-electron chi connectivity index (χ4n) is 1.42. The van der Waals surface area contributed by atoms with Gasteiger partial charge in [0.15, 0.2) is 0 Å². The maximum absolute atomic E-state index is 13.2. The van der Waals surface area contributed by atoms with Gasteiger partial charge < -0.3 is 10.6 Å². The van der Waals surface area contributed by atoms with Crippen molar-refractivity contribution in [2.75, 3.05) is 18.4 Å². The topological polar surface area (TPSA) is 41.1 Å². The van der Waals surface area contributed by atoms with Crippen molar-refractivity contribution in [2.24, 2.45) is 5.92 Å². The number of benzene rings is 1. The molecule has 1 saturated carbocycles. The first-order valence-corrected chi connectivity index (χ1v) is 5.51. The molecule has 0 spiro atoms. The molecule has 1 aromatic rings. The largest absolute Gasteiger partial charge is 0.374 e. The van der Waals surface area contributed by atoms with Crippen molar-refractivity contribution in [3.8, 4) is 0 Å². The summed E-state index contributed by atoms with van der Waals surface area (Å²) in [4.78, 5) is 11.4. The zero-order valence-electron chi connectivity index (χ0n) is 9.00. The van der Waals surface area contributed by atoms with Gasteiger partial charge in [0.2, 0.25) is 5.91 Å². The number of halogens is 1. The van der Waals surface area contributed by atoms with Crippen LogP contribution in [0.4, 0.5) is 10.1 Å². The second-order valence-corrected chi connectivity index (χ2v) is 4.08. The van der Waals surface area contributed by atoms with Crippen molar-refractivity contribution < 1.29 is 9.18 Å². The minimum Gasteiger partial charge on any atom is -0.374 e. The molecule has 2 N–H and O–H groups in total. The van der Waals surface area contributed by atoms with Gasteiger partial charge in [-0.1, -0.05) is 12.1 Å². The SMILES string of the molecule is O=C(CNc1ccccc1F)NCC1CC1. The van der Waals surface area contributed by atoms with E-state index in [1.165, 1.54) is 18.9 Å². The Morgan fingerprint density at radius 2 is 2.12 bits per heavy atom. The summed E-state index contributed by atoms with van der Waals surface area (Å²) in [5.41, 5.74) is 0.365. The first kappa shape index (κ1) is 10.9. The summed E-state index contributed by atoms with van der Waals surface area (Å²) in [5.74, 6) is 0.241. The first-order valence-electron chi connectivity index (χ1n) is 5.51. The van der Waals surface area contributed by atoms with Crippen LogP contribution < -0.4 is 10.6 Å². The Hall–Kier alpha value is -1.58. The number of anilines is 1. The molecule has 0 heterocycles. The van der Waals surface area contributed by atoms with Crippen LogP contribution in [-0.4, -0.2) is 19.0 Å². The standard InChI is InChI=1S/C12H15FN2O/c13-10-3-1-2-4-11(10)14-8-12(16)15-7-9-5-6-9/h1-4,9,14H,5-8H2,(H,15,16). The highest BCUT2D eigenvalue weighted by molar-refractivity contribution is 5.80. The monoisotopic (exact) mass is 222 g/mol. The normalized spacial score (nSPS) is 14.6. The zero-order valence-corrected chi connectivity index (χ0v) is 9.00. The van der Waals surface area contributed by atoms with Crippen molar-refractivity contribution >= 4 is 11.6 Å². The molecule has 0 unspecified atom stereocenters. The van der Waals surface area contributed by atoms with E-state index in [-0.39, 0.29) is 18.3 Å². The van der Waals surface area contributed by atoms with E-state index in [9.17, 15) is 9.18 Å². The van der Waals surface area contributed by atoms with Crippen molar-refractivity contribution in [2.45, 2.75) is 12.8 Å². The molecule has 1 aliphatic rings. The summed E-state index contributed by atoms with van der Waals surface area (Å²) in [6.07, 6.45) is 2.42. The highest BCUT2D eigenvalue weighted by Crippen LogP contribution is 2.27. The van der Waals surface area contributed by atoms with Crippen LogP contribution in [0.15, 0.2) is 24.3 Å². The van der Waals surface area contributed by atoms with Crippen LogP contribution in [-0.2, 0) is 4.79 Å². The molecular weight excluding hydrogens is 207 g/mol. The van der Waals surface area contributed by atoms with Crippen LogP contribution in [0.2, 0.25) is 0 Å². The Balaban J connectivity index is 1.73. The lowest BCUT2D eigenvalue weighted by Gasteiger charge is -2.07. The van der Waals surface area contributed by atoms with E-state index >= 15 is 0 Å². The zero-order chi connectivity index (χ0) is 11.4. The summed E-state index contributed by atoms with van der Waals surface area (Å²) in [7, 11) is 0. The fraction of sp³-hybridized carbons (Fsp3) is 0.417. The van der Waals surface area contributed by atoms with Gasteiger partial charge in [0.1, 0.15) is 5.82 Å². The quantitative estimate of drug-likeness (QED) is 0.797. The van der Waals surface area contributed by atoms with Gasteiger partial charge in [0, 0.05) is 6.54 Å². The Morgan fingerprint density at radius 1 is 1.38 bits per heavy atom. The van der Waals surface area contributed by atoms with Crippen molar-refractivity contribution in [1.29, 1.82) is 0 Å². The molecule has 16 heavy (non-hydrogen) atoms. The Morgan fingerprint density at radius 3 is 2.81 bits per heavy atom. The number of amides is 1. The average molecular weight is 222 g/mol. The molecule has 1 fully saturated rings. The summed E-state index contributed by atoms with van der Waals surface area (Å²) in [5, 5.41) is 5.58. The second-order valence-electron chi connectivity index (χ2n) is 4.08. The third-order valence-corrected chi connectivity index (χ3v) is 2.60. The van der Waals surface area contributed by atoms with E-state index in [1.54, 1.807) is 18.2 Å². The summed E-state index contributed by atoms with van der Waals surface area (Å²) in [6.45, 7) is 0.867. The number of carbonyl (C=O) groups excluding carboxylic acids is 1. The van der Waals surface area contributed by atoms with E-state index < -0.39 is 0 Å². The van der Waals surface area contributed by atoms with Crippen LogP contribution in [0.5, 0.6) is 0 Å². The van der Waals surface area contributed by atoms with Crippen molar-refractivity contribution in [3.63, 3.8) is 0 Å². The Bertz CT molecular complexity index is 377. The van der Waals surface area contributed by atoms with E-state index in [0.717, 1.165) is 6.54 Å². The summed E-state index contributed by atoms with van der Waals surface area (Å²) in [6, 6.07) is 6.33. The number of rotatable bonds is 5. The lowest BCUT2D eigenvalue weighted by atomic mass is 10.3. The second kappa shape index (κ2) is 4.96. The highest BCUT2D eigenvalue weighted by Gasteiger charge is 2.21. The van der Waals surface area contributed by atoms with Crippen LogP contribution >= 0.6 is 0 Å². The molecule has 0 atom stereocenters. The maximum atomic E-state index is 13.2. The van der Waals surface area contributed by atoms with Gasteiger partial charge >= 0.3 is 0 Å². The fourth-order valence-corrected chi connectivity index (χ4v) is 1.42. The third-order valence-electron chi connectivity index (χ3n) is 2.60. The van der Waals surface area contributed by atoms with E-state index in [2.05, 4.69) is 10.6 Å². The van der Waals surface area contributed by atoms with Gasteiger partial charge in [-0.3, -0.25) is 4.79 Å². The Labute approximate surface area is 94.0 Å². The van der Waals surface area contributed by atoms with E-state index in [1.807, 2.05) is 0 Å². The van der Waals surface area contributed by atoms with Gasteiger partial charge in [0.25, 0.3) is 0 Å². The number of para-hydroxylation sites is 1. The predicted octanol–water partition coefficient (Wildman–Crippen LogP) is 1.76. The first-order chi connectivity index (χ1) is 7.75. The molecule has 0 radical (unpaired) electrons. The molecule has 1 amide bonds. The predicted molar refractivity (Wildman–Crippen MR) is 60.6 cm³/mol. The van der Waals surface area contributed by atoms with Crippen LogP contribution in [0.3, 0.4) is 0 Å². The van der Waals surface area contributed by atoms with Gasteiger partial charge in [-0.15, -0.1) is 0 Å². The minimum absolute atomic E-state index is 0.0878. The molecule has 4 heteroatoms. The van der Waals surface area contributed by atoms with Gasteiger partial charge in [0.05, 0.1) is 12.2 Å². The van der Waals surface area contributed by atoms with Crippen LogP contribution in [0, 0.1) is 11.7 Å². The lowest BCUT2D eigenvalue weighted by Crippen LogP contribution is -2.31. The molecule has 86 valence electrons. The van der Waals surface area contributed by atoms with E-state index in [4.69, 9.17) is 0 Å². The van der Waals surface area contributed by atoms with Crippen molar-refractivity contribution in [3.05, 3.63) is 30.1 Å². The number of hydrogen-bond acceptors (Lipinski definition) is 2. The third kappa shape index (κ3) is 3.22. The van der Waals surface area contributed by atoms with Crippen LogP contribution in [0.1, 0.15) is 12.8 Å². The molecule has 0 aromatic heterocycles. The minimum atomic E-state index is -0.336. The van der Waals surface area contributed by atoms with Gasteiger partial charge in [-0.25, -0.2) is 4.39 Å². The molecule has 0 aliphatic heterocycles. The molecule has 1 aromatic carbocycles. The van der Waals surface area contributed by atoms with Crippen LogP contribution in [0.25, 0.3) is 0 Å². The van der Waals surface area contributed by atoms with E-state index in [0.29, 0.717) is 11.6 Å². The molecule has 0 saturated heterocycles. The molecular formula is C12H15FN2O. The smallest absolute Gasteiger partial charge is 0.239 e. The molecule has 3 nitrogen and oxygen atoms in total. The average Bonchev–Trinajstić information content (AvgIpc) is 3.09. The molecule has 0 bridgehead atoms. The Kier molecular flexibility index (Phi) is 3.39. The summed E-state index contributed by atoms with van der Waals surface area (Å²) < 4.78 is 13.2.